The van der Waals surface area contributed by atoms with E-state index >= 15 is 0 Å². The molecule has 2 unspecified atom stereocenters. The van der Waals surface area contributed by atoms with E-state index < -0.39 is 0 Å². The van der Waals surface area contributed by atoms with Gasteiger partial charge in [-0.1, -0.05) is 6.92 Å². The average Bonchev–Trinajstić information content (AvgIpc) is 3.01. The van der Waals surface area contributed by atoms with Gasteiger partial charge in [0.05, 0.1) is 23.7 Å². The first kappa shape index (κ1) is 18.5. The summed E-state index contributed by atoms with van der Waals surface area (Å²) in [6.45, 7) is 10.8. The molecule has 2 aliphatic heterocycles. The van der Waals surface area contributed by atoms with Gasteiger partial charge in [-0.15, -0.1) is 0 Å². The normalized spacial score (nSPS) is 23.0. The number of hydrogen-bond acceptors (Lipinski definition) is 5. The van der Waals surface area contributed by atoms with Crippen molar-refractivity contribution in [2.75, 3.05) is 32.8 Å². The van der Waals surface area contributed by atoms with Crippen LogP contribution >= 0.6 is 15.9 Å². The van der Waals surface area contributed by atoms with Gasteiger partial charge in [0, 0.05) is 31.1 Å². The third-order valence-corrected chi connectivity index (χ3v) is 5.43. The number of halogens is 1. The van der Waals surface area contributed by atoms with E-state index in [9.17, 15) is 0 Å². The van der Waals surface area contributed by atoms with Crippen molar-refractivity contribution in [1.29, 1.82) is 0 Å². The second-order valence-electron chi connectivity index (χ2n) is 6.56. The Morgan fingerprint density at radius 1 is 1.24 bits per heavy atom. The first-order valence-corrected chi connectivity index (χ1v) is 10.1. The summed E-state index contributed by atoms with van der Waals surface area (Å²) in [7, 11) is 0. The Balaban J connectivity index is 1.86. The lowest BCUT2D eigenvalue weighted by Gasteiger charge is -2.33. The molecule has 1 saturated heterocycles. The van der Waals surface area contributed by atoms with Crippen LogP contribution in [0.1, 0.15) is 45.2 Å². The van der Waals surface area contributed by atoms with Crippen LogP contribution in [-0.4, -0.2) is 43.5 Å². The van der Waals surface area contributed by atoms with E-state index in [1.54, 1.807) is 0 Å². The van der Waals surface area contributed by atoms with Crippen molar-refractivity contribution >= 4 is 21.6 Å². The van der Waals surface area contributed by atoms with Crippen LogP contribution in [0, 0.1) is 5.92 Å². The van der Waals surface area contributed by atoms with Crippen LogP contribution in [0.25, 0.3) is 0 Å². The quantitative estimate of drug-likeness (QED) is 0.739. The van der Waals surface area contributed by atoms with Crippen molar-refractivity contribution in [3.63, 3.8) is 0 Å². The van der Waals surface area contributed by atoms with Crippen LogP contribution in [0.2, 0.25) is 0 Å². The smallest absolute Gasteiger partial charge is 0.175 e. The molecule has 2 aliphatic rings. The fraction of sp³-hybridized carbons (Fsp3) is 0.632. The van der Waals surface area contributed by atoms with Crippen molar-refractivity contribution in [3.8, 4) is 11.5 Å². The molecule has 6 heteroatoms. The van der Waals surface area contributed by atoms with Crippen LogP contribution in [0.15, 0.2) is 21.7 Å². The van der Waals surface area contributed by atoms with Crippen LogP contribution in [0.3, 0.4) is 0 Å². The Kier molecular flexibility index (Phi) is 6.23. The van der Waals surface area contributed by atoms with Gasteiger partial charge < -0.3 is 19.8 Å². The van der Waals surface area contributed by atoms with Gasteiger partial charge in [0.25, 0.3) is 0 Å². The number of piperidine rings is 1. The molecule has 0 amide bonds. The molecule has 138 valence electrons. The minimum Gasteiger partial charge on any atom is -0.490 e. The van der Waals surface area contributed by atoms with Crippen LogP contribution in [0.4, 0.5) is 0 Å². The van der Waals surface area contributed by atoms with Crippen molar-refractivity contribution in [1.82, 2.24) is 10.3 Å². The van der Waals surface area contributed by atoms with Gasteiger partial charge in [-0.3, -0.25) is 0 Å². The lowest BCUT2D eigenvalue weighted by molar-refractivity contribution is 0.228. The molecular weight excluding hydrogens is 382 g/mol. The highest BCUT2D eigenvalue weighted by atomic mass is 79.9. The van der Waals surface area contributed by atoms with E-state index in [0.717, 1.165) is 42.0 Å². The Morgan fingerprint density at radius 3 is 2.76 bits per heavy atom. The van der Waals surface area contributed by atoms with E-state index in [4.69, 9.17) is 9.47 Å². The molecule has 0 aromatic heterocycles. The number of nitrogens with zero attached hydrogens (tertiary/aromatic N) is 2. The molecule has 0 aliphatic carbocycles. The topological polar surface area (TPSA) is 46.1 Å². The molecule has 0 saturated carbocycles. The molecule has 0 bridgehead atoms. The first-order chi connectivity index (χ1) is 12.2. The van der Waals surface area contributed by atoms with E-state index in [0.29, 0.717) is 19.1 Å². The SMILES string of the molecule is CCCN1CCC2=NNC(c3cc(Br)c(OCC)c(OCC)c3)C2C1. The zero-order valence-corrected chi connectivity index (χ0v) is 16.9. The molecule has 5 nitrogen and oxygen atoms in total. The number of nitrogens with one attached hydrogen (secondary N) is 1. The molecule has 25 heavy (non-hydrogen) atoms. The number of ether oxygens (including phenoxy) is 2. The second-order valence-corrected chi connectivity index (χ2v) is 7.42. The Labute approximate surface area is 158 Å². The standard InChI is InChI=1S/C19H28BrN3O2/c1-4-8-23-9-7-16-14(12-23)18(22-21-16)13-10-15(20)19(25-6-3)17(11-13)24-5-2/h10-11,14,18,22H,4-9,12H2,1-3H3. The Morgan fingerprint density at radius 2 is 2.04 bits per heavy atom. The molecule has 1 aromatic rings. The zero-order valence-electron chi connectivity index (χ0n) is 15.3. The van der Waals surface area contributed by atoms with Gasteiger partial charge in [0.2, 0.25) is 0 Å². The molecule has 0 radical (unpaired) electrons. The molecule has 1 N–H and O–H groups in total. The number of likely N-dealkylation sites (tertiary alicyclic amines) is 1. The fourth-order valence-corrected chi connectivity index (χ4v) is 4.33. The molecule has 1 aromatic carbocycles. The summed E-state index contributed by atoms with van der Waals surface area (Å²) in [6, 6.07) is 4.44. The van der Waals surface area contributed by atoms with Gasteiger partial charge in [0.15, 0.2) is 11.5 Å². The molecule has 3 rings (SSSR count). The highest BCUT2D eigenvalue weighted by molar-refractivity contribution is 9.10. The maximum atomic E-state index is 5.84. The number of rotatable bonds is 7. The summed E-state index contributed by atoms with van der Waals surface area (Å²) in [5.41, 5.74) is 5.87. The van der Waals surface area contributed by atoms with Gasteiger partial charge in [-0.25, -0.2) is 0 Å². The number of fused-ring (bicyclic) bond motifs is 1. The molecule has 0 spiro atoms. The van der Waals surface area contributed by atoms with Gasteiger partial charge in [-0.2, -0.15) is 5.10 Å². The monoisotopic (exact) mass is 409 g/mol. The first-order valence-electron chi connectivity index (χ1n) is 9.31. The van der Waals surface area contributed by atoms with Crippen molar-refractivity contribution in [2.24, 2.45) is 11.0 Å². The van der Waals surface area contributed by atoms with Gasteiger partial charge in [0.1, 0.15) is 0 Å². The van der Waals surface area contributed by atoms with E-state index in [1.165, 1.54) is 17.7 Å². The number of benzene rings is 1. The van der Waals surface area contributed by atoms with E-state index in [2.05, 4.69) is 50.4 Å². The van der Waals surface area contributed by atoms with Gasteiger partial charge in [-0.05, 0) is 60.4 Å². The molecule has 2 heterocycles. The lowest BCUT2D eigenvalue weighted by Crippen LogP contribution is -2.42. The summed E-state index contributed by atoms with van der Waals surface area (Å²) in [6.07, 6.45) is 2.26. The van der Waals surface area contributed by atoms with E-state index in [-0.39, 0.29) is 6.04 Å². The van der Waals surface area contributed by atoms with E-state index in [1.807, 2.05) is 13.8 Å². The van der Waals surface area contributed by atoms with Crippen LogP contribution < -0.4 is 14.9 Å². The summed E-state index contributed by atoms with van der Waals surface area (Å²) >= 11 is 3.66. The van der Waals surface area contributed by atoms with Gasteiger partial charge >= 0.3 is 0 Å². The molecular formula is C19H28BrN3O2. The minimum atomic E-state index is 0.195. The second kappa shape index (κ2) is 8.41. The highest BCUT2D eigenvalue weighted by Gasteiger charge is 2.37. The number of hydrogen-bond donors (Lipinski definition) is 1. The minimum absolute atomic E-state index is 0.195. The van der Waals surface area contributed by atoms with Crippen molar-refractivity contribution in [3.05, 3.63) is 22.2 Å². The highest BCUT2D eigenvalue weighted by Crippen LogP contribution is 2.41. The third-order valence-electron chi connectivity index (χ3n) is 4.84. The maximum absolute atomic E-state index is 5.84. The average molecular weight is 410 g/mol. The summed E-state index contributed by atoms with van der Waals surface area (Å²) in [5, 5.41) is 4.63. The van der Waals surface area contributed by atoms with Crippen molar-refractivity contribution in [2.45, 2.75) is 39.7 Å². The largest absolute Gasteiger partial charge is 0.490 e. The lowest BCUT2D eigenvalue weighted by atomic mass is 9.86. The van der Waals surface area contributed by atoms with Crippen LogP contribution in [0.5, 0.6) is 11.5 Å². The predicted molar refractivity (Wildman–Crippen MR) is 105 cm³/mol. The van der Waals surface area contributed by atoms with Crippen molar-refractivity contribution < 1.29 is 9.47 Å². The molecule has 2 atom stereocenters. The summed E-state index contributed by atoms with van der Waals surface area (Å²) in [4.78, 5) is 2.55. The maximum Gasteiger partial charge on any atom is 0.175 e. The Bertz CT molecular complexity index is 635. The Hall–Kier alpha value is -1.27. The zero-order chi connectivity index (χ0) is 17.8. The predicted octanol–water partition coefficient (Wildman–Crippen LogP) is 3.98. The summed E-state index contributed by atoms with van der Waals surface area (Å²) in [5.74, 6) is 2.01. The molecule has 1 fully saturated rings. The number of hydrazone groups is 1. The fourth-order valence-electron chi connectivity index (χ4n) is 3.75. The van der Waals surface area contributed by atoms with Crippen LogP contribution in [-0.2, 0) is 0 Å². The summed E-state index contributed by atoms with van der Waals surface area (Å²) < 4.78 is 12.5. The third kappa shape index (κ3) is 3.95.